The average molecular weight is 242 g/mol. The second-order valence-corrected chi connectivity index (χ2v) is 6.52. The number of nitrogens with one attached hydrogen (secondary N) is 1. The normalized spacial score (nSPS) is 21.9. The summed E-state index contributed by atoms with van der Waals surface area (Å²) in [7, 11) is 2.18. The van der Waals surface area contributed by atoms with E-state index < -0.39 is 0 Å². The van der Waals surface area contributed by atoms with Crippen LogP contribution >= 0.6 is 0 Å². The summed E-state index contributed by atoms with van der Waals surface area (Å²) in [5, 5.41) is 13.2. The van der Waals surface area contributed by atoms with Gasteiger partial charge in [-0.2, -0.15) is 0 Å². The first-order valence-corrected chi connectivity index (χ1v) is 6.95. The molecule has 0 radical (unpaired) electrons. The summed E-state index contributed by atoms with van der Waals surface area (Å²) < 4.78 is 0. The number of rotatable bonds is 8. The van der Waals surface area contributed by atoms with Crippen LogP contribution in [0.4, 0.5) is 0 Å². The van der Waals surface area contributed by atoms with Crippen molar-refractivity contribution in [3.63, 3.8) is 0 Å². The second-order valence-electron chi connectivity index (χ2n) is 6.52. The van der Waals surface area contributed by atoms with Gasteiger partial charge in [-0.3, -0.25) is 0 Å². The van der Waals surface area contributed by atoms with Crippen LogP contribution in [0.2, 0.25) is 0 Å². The first kappa shape index (κ1) is 14.9. The number of aliphatic hydroxyl groups excluding tert-OH is 1. The average Bonchev–Trinajstić information content (AvgIpc) is 3.00. The molecule has 0 aromatic carbocycles. The molecule has 0 heterocycles. The lowest BCUT2D eigenvalue weighted by Gasteiger charge is -2.36. The van der Waals surface area contributed by atoms with Gasteiger partial charge < -0.3 is 15.3 Å². The molecule has 2 atom stereocenters. The molecule has 17 heavy (non-hydrogen) atoms. The van der Waals surface area contributed by atoms with E-state index in [0.29, 0.717) is 18.0 Å². The molecule has 0 bridgehead atoms. The van der Waals surface area contributed by atoms with Gasteiger partial charge in [-0.15, -0.1) is 0 Å². The fourth-order valence-corrected chi connectivity index (χ4v) is 2.45. The lowest BCUT2D eigenvalue weighted by Crippen LogP contribution is -2.51. The summed E-state index contributed by atoms with van der Waals surface area (Å²) >= 11 is 0. The standard InChI is InChI=1S/C14H30N2O/c1-11(2)9-16(5)12(3)8-14(4,10-17)15-13-6-7-13/h11-13,15,17H,6-10H2,1-5H3. The molecular formula is C14H30N2O. The summed E-state index contributed by atoms with van der Waals surface area (Å²) in [5.41, 5.74) is -0.119. The Kier molecular flexibility index (Phi) is 5.42. The molecule has 2 N–H and O–H groups in total. The largest absolute Gasteiger partial charge is 0.394 e. The Labute approximate surface area is 107 Å². The van der Waals surface area contributed by atoms with Crippen molar-refractivity contribution in [2.45, 2.75) is 64.6 Å². The van der Waals surface area contributed by atoms with E-state index in [4.69, 9.17) is 0 Å². The molecule has 1 aliphatic rings. The summed E-state index contributed by atoms with van der Waals surface area (Å²) in [6, 6.07) is 1.15. The summed E-state index contributed by atoms with van der Waals surface area (Å²) in [4.78, 5) is 2.40. The molecule has 1 fully saturated rings. The van der Waals surface area contributed by atoms with Gasteiger partial charge in [0.05, 0.1) is 6.61 Å². The van der Waals surface area contributed by atoms with Crippen LogP contribution in [-0.2, 0) is 0 Å². The SMILES string of the molecule is CC(C)CN(C)C(C)CC(C)(CO)NC1CC1. The van der Waals surface area contributed by atoms with Crippen LogP contribution in [0.15, 0.2) is 0 Å². The Morgan fingerprint density at radius 2 is 1.94 bits per heavy atom. The van der Waals surface area contributed by atoms with Crippen molar-refractivity contribution in [1.29, 1.82) is 0 Å². The molecule has 1 rings (SSSR count). The summed E-state index contributed by atoms with van der Waals surface area (Å²) in [5.74, 6) is 0.694. The molecule has 1 saturated carbocycles. The van der Waals surface area contributed by atoms with Crippen molar-refractivity contribution in [3.8, 4) is 0 Å². The monoisotopic (exact) mass is 242 g/mol. The number of aliphatic hydroxyl groups is 1. The lowest BCUT2D eigenvalue weighted by atomic mass is 9.93. The van der Waals surface area contributed by atoms with Crippen LogP contribution in [0, 0.1) is 5.92 Å². The van der Waals surface area contributed by atoms with Crippen LogP contribution < -0.4 is 5.32 Å². The van der Waals surface area contributed by atoms with Crippen LogP contribution in [0.3, 0.4) is 0 Å². The zero-order valence-corrected chi connectivity index (χ0v) is 12.2. The molecular weight excluding hydrogens is 212 g/mol. The molecule has 2 unspecified atom stereocenters. The number of nitrogens with zero attached hydrogens (tertiary/aromatic N) is 1. The Morgan fingerprint density at radius 1 is 1.35 bits per heavy atom. The summed E-state index contributed by atoms with van der Waals surface area (Å²) in [6.45, 7) is 10.2. The zero-order chi connectivity index (χ0) is 13.1. The molecule has 3 nitrogen and oxygen atoms in total. The van der Waals surface area contributed by atoms with Gasteiger partial charge in [-0.05, 0) is 46.1 Å². The van der Waals surface area contributed by atoms with Crippen LogP contribution in [-0.4, -0.2) is 47.8 Å². The Bertz CT molecular complexity index is 228. The Hall–Kier alpha value is -0.120. The molecule has 0 saturated heterocycles. The third-order valence-electron chi connectivity index (χ3n) is 3.63. The van der Waals surface area contributed by atoms with Gasteiger partial charge in [0, 0.05) is 24.2 Å². The minimum Gasteiger partial charge on any atom is -0.394 e. The molecule has 0 aromatic heterocycles. The van der Waals surface area contributed by atoms with Crippen molar-refractivity contribution in [3.05, 3.63) is 0 Å². The highest BCUT2D eigenvalue weighted by Crippen LogP contribution is 2.25. The Balaban J connectivity index is 2.42. The summed E-state index contributed by atoms with van der Waals surface area (Å²) in [6.07, 6.45) is 3.54. The first-order chi connectivity index (χ1) is 7.86. The van der Waals surface area contributed by atoms with E-state index in [2.05, 4.69) is 45.0 Å². The highest BCUT2D eigenvalue weighted by Gasteiger charge is 2.33. The van der Waals surface area contributed by atoms with Gasteiger partial charge in [0.1, 0.15) is 0 Å². The van der Waals surface area contributed by atoms with Gasteiger partial charge >= 0.3 is 0 Å². The highest BCUT2D eigenvalue weighted by atomic mass is 16.3. The molecule has 0 spiro atoms. The van der Waals surface area contributed by atoms with Gasteiger partial charge in [-0.25, -0.2) is 0 Å². The predicted octanol–water partition coefficient (Wildman–Crippen LogP) is 1.86. The van der Waals surface area contributed by atoms with Gasteiger partial charge in [-0.1, -0.05) is 13.8 Å². The van der Waals surface area contributed by atoms with Crippen LogP contribution in [0.1, 0.15) is 47.0 Å². The van der Waals surface area contributed by atoms with Crippen molar-refractivity contribution in [1.82, 2.24) is 10.2 Å². The number of hydrogen-bond acceptors (Lipinski definition) is 3. The van der Waals surface area contributed by atoms with Gasteiger partial charge in [0.2, 0.25) is 0 Å². The van der Waals surface area contributed by atoms with Crippen LogP contribution in [0.5, 0.6) is 0 Å². The van der Waals surface area contributed by atoms with E-state index in [1.807, 2.05) is 0 Å². The van der Waals surface area contributed by atoms with Gasteiger partial charge in [0.15, 0.2) is 0 Å². The fourth-order valence-electron chi connectivity index (χ4n) is 2.45. The molecule has 3 heteroatoms. The fraction of sp³-hybridized carbons (Fsp3) is 1.00. The van der Waals surface area contributed by atoms with Gasteiger partial charge in [0.25, 0.3) is 0 Å². The number of hydrogen-bond donors (Lipinski definition) is 2. The molecule has 102 valence electrons. The molecule has 1 aliphatic carbocycles. The third-order valence-corrected chi connectivity index (χ3v) is 3.63. The maximum Gasteiger partial charge on any atom is 0.0611 e. The van der Waals surface area contributed by atoms with Crippen molar-refractivity contribution in [2.75, 3.05) is 20.2 Å². The maximum absolute atomic E-state index is 9.59. The van der Waals surface area contributed by atoms with E-state index in [-0.39, 0.29) is 12.1 Å². The molecule has 0 aliphatic heterocycles. The zero-order valence-electron chi connectivity index (χ0n) is 12.2. The van der Waals surface area contributed by atoms with Crippen molar-refractivity contribution in [2.24, 2.45) is 5.92 Å². The molecule has 0 amide bonds. The minimum atomic E-state index is -0.119. The molecule has 0 aromatic rings. The minimum absolute atomic E-state index is 0.119. The van der Waals surface area contributed by atoms with E-state index in [1.54, 1.807) is 0 Å². The smallest absolute Gasteiger partial charge is 0.0611 e. The van der Waals surface area contributed by atoms with E-state index in [1.165, 1.54) is 12.8 Å². The predicted molar refractivity (Wildman–Crippen MR) is 73.2 cm³/mol. The van der Waals surface area contributed by atoms with Crippen molar-refractivity contribution < 1.29 is 5.11 Å². The highest BCUT2D eigenvalue weighted by molar-refractivity contribution is 4.94. The third kappa shape index (κ3) is 5.36. The van der Waals surface area contributed by atoms with Crippen LogP contribution in [0.25, 0.3) is 0 Å². The van der Waals surface area contributed by atoms with E-state index in [9.17, 15) is 5.11 Å². The van der Waals surface area contributed by atoms with E-state index in [0.717, 1.165) is 13.0 Å². The first-order valence-electron chi connectivity index (χ1n) is 6.95. The van der Waals surface area contributed by atoms with E-state index >= 15 is 0 Å². The lowest BCUT2D eigenvalue weighted by molar-refractivity contribution is 0.120. The van der Waals surface area contributed by atoms with Crippen molar-refractivity contribution >= 4 is 0 Å². The quantitative estimate of drug-likeness (QED) is 0.682. The topological polar surface area (TPSA) is 35.5 Å². The maximum atomic E-state index is 9.59. The Morgan fingerprint density at radius 3 is 2.35 bits per heavy atom. The second kappa shape index (κ2) is 6.17.